The van der Waals surface area contributed by atoms with Gasteiger partial charge in [-0.15, -0.1) is 0 Å². The van der Waals surface area contributed by atoms with Crippen molar-refractivity contribution in [3.8, 4) is 0 Å². The molecule has 1 saturated carbocycles. The zero-order valence-electron chi connectivity index (χ0n) is 6.01. The molecule has 0 bridgehead atoms. The van der Waals surface area contributed by atoms with Crippen molar-refractivity contribution in [1.82, 2.24) is 0 Å². The third-order valence-corrected chi connectivity index (χ3v) is 1.63. The third kappa shape index (κ3) is 2.67. The molecule has 1 rings (SSSR count). The first-order valence-corrected chi connectivity index (χ1v) is 3.62. The summed E-state index contributed by atoms with van der Waals surface area (Å²) in [4.78, 5) is 10.5. The lowest BCUT2D eigenvalue weighted by atomic mass is 10.3. The number of carbonyl (C=O) groups is 1. The molecular formula is C8H12O2. The van der Waals surface area contributed by atoms with E-state index in [1.54, 1.807) is 0 Å². The normalized spacial score (nSPS) is 16.4. The van der Waals surface area contributed by atoms with E-state index in [4.69, 9.17) is 4.74 Å². The van der Waals surface area contributed by atoms with Crippen molar-refractivity contribution < 1.29 is 9.53 Å². The van der Waals surface area contributed by atoms with Gasteiger partial charge in [0.15, 0.2) is 0 Å². The average Bonchev–Trinajstić information content (AvgIpc) is 2.71. The van der Waals surface area contributed by atoms with Crippen LogP contribution in [0.4, 0.5) is 0 Å². The van der Waals surface area contributed by atoms with Crippen LogP contribution in [-0.2, 0) is 9.53 Å². The van der Waals surface area contributed by atoms with Crippen LogP contribution in [0.3, 0.4) is 0 Å². The summed E-state index contributed by atoms with van der Waals surface area (Å²) < 4.78 is 4.78. The smallest absolute Gasteiger partial charge is 0.330 e. The van der Waals surface area contributed by atoms with E-state index in [9.17, 15) is 4.79 Å². The SMILES string of the molecule is C=CC(=O)OCCC1CC1. The Balaban J connectivity index is 1.93. The lowest BCUT2D eigenvalue weighted by molar-refractivity contribution is -0.137. The molecule has 1 aliphatic rings. The van der Waals surface area contributed by atoms with Crippen molar-refractivity contribution in [2.24, 2.45) is 5.92 Å². The van der Waals surface area contributed by atoms with Crippen molar-refractivity contribution in [2.45, 2.75) is 19.3 Å². The summed E-state index contributed by atoms with van der Waals surface area (Å²) in [5.41, 5.74) is 0. The first-order chi connectivity index (χ1) is 4.83. The highest BCUT2D eigenvalue weighted by Gasteiger charge is 2.20. The number of rotatable bonds is 4. The van der Waals surface area contributed by atoms with Crippen LogP contribution in [0.2, 0.25) is 0 Å². The van der Waals surface area contributed by atoms with Crippen LogP contribution < -0.4 is 0 Å². The lowest BCUT2D eigenvalue weighted by Crippen LogP contribution is -2.01. The molecule has 0 amide bonds. The lowest BCUT2D eigenvalue weighted by Gasteiger charge is -1.98. The summed E-state index contributed by atoms with van der Waals surface area (Å²) in [6.07, 6.45) is 4.85. The van der Waals surface area contributed by atoms with Crippen LogP contribution in [0.25, 0.3) is 0 Å². The van der Waals surface area contributed by atoms with Gasteiger partial charge in [-0.2, -0.15) is 0 Å². The van der Waals surface area contributed by atoms with Crippen molar-refractivity contribution >= 4 is 5.97 Å². The molecule has 0 spiro atoms. The summed E-state index contributed by atoms with van der Waals surface area (Å²) >= 11 is 0. The predicted molar refractivity (Wildman–Crippen MR) is 38.5 cm³/mol. The monoisotopic (exact) mass is 140 g/mol. The minimum absolute atomic E-state index is 0.305. The molecule has 0 aromatic rings. The first kappa shape index (κ1) is 7.32. The summed E-state index contributed by atoms with van der Waals surface area (Å²) in [6.45, 7) is 3.86. The summed E-state index contributed by atoms with van der Waals surface area (Å²) in [6, 6.07) is 0. The Morgan fingerprint density at radius 2 is 2.40 bits per heavy atom. The number of ether oxygens (including phenoxy) is 1. The maximum Gasteiger partial charge on any atom is 0.330 e. The Bertz CT molecular complexity index is 136. The van der Waals surface area contributed by atoms with Crippen molar-refractivity contribution in [3.05, 3.63) is 12.7 Å². The Hall–Kier alpha value is -0.790. The molecule has 56 valence electrons. The molecule has 1 aliphatic carbocycles. The van der Waals surface area contributed by atoms with E-state index in [0.29, 0.717) is 6.61 Å². The Kier molecular flexibility index (Phi) is 2.49. The quantitative estimate of drug-likeness (QED) is 0.437. The molecule has 0 radical (unpaired) electrons. The molecule has 0 aromatic carbocycles. The Labute approximate surface area is 60.9 Å². The van der Waals surface area contributed by atoms with Gasteiger partial charge in [0.1, 0.15) is 0 Å². The highest BCUT2D eigenvalue weighted by atomic mass is 16.5. The van der Waals surface area contributed by atoms with Gasteiger partial charge < -0.3 is 4.74 Å². The van der Waals surface area contributed by atoms with Crippen LogP contribution in [0.15, 0.2) is 12.7 Å². The number of esters is 1. The molecule has 0 saturated heterocycles. The van der Waals surface area contributed by atoms with Gasteiger partial charge in [0, 0.05) is 6.08 Å². The molecular weight excluding hydrogens is 128 g/mol. The van der Waals surface area contributed by atoms with Gasteiger partial charge in [0.05, 0.1) is 6.61 Å². The van der Waals surface area contributed by atoms with Gasteiger partial charge >= 0.3 is 5.97 Å². The molecule has 0 aromatic heterocycles. The van der Waals surface area contributed by atoms with Gasteiger partial charge in [-0.3, -0.25) is 0 Å². The summed E-state index contributed by atoms with van der Waals surface area (Å²) in [7, 11) is 0. The first-order valence-electron chi connectivity index (χ1n) is 3.62. The molecule has 0 aliphatic heterocycles. The van der Waals surface area contributed by atoms with E-state index in [1.165, 1.54) is 18.9 Å². The van der Waals surface area contributed by atoms with Crippen LogP contribution in [-0.4, -0.2) is 12.6 Å². The largest absolute Gasteiger partial charge is 0.463 e. The van der Waals surface area contributed by atoms with E-state index in [-0.39, 0.29) is 5.97 Å². The Morgan fingerprint density at radius 3 is 2.90 bits per heavy atom. The Morgan fingerprint density at radius 1 is 1.70 bits per heavy atom. The second kappa shape index (κ2) is 3.40. The van der Waals surface area contributed by atoms with E-state index < -0.39 is 0 Å². The molecule has 2 heteroatoms. The van der Waals surface area contributed by atoms with Crippen LogP contribution >= 0.6 is 0 Å². The second-order valence-electron chi connectivity index (χ2n) is 2.60. The summed E-state index contributed by atoms with van der Waals surface area (Å²) in [5.74, 6) is 0.526. The fourth-order valence-electron chi connectivity index (χ4n) is 0.792. The van der Waals surface area contributed by atoms with Crippen molar-refractivity contribution in [1.29, 1.82) is 0 Å². The van der Waals surface area contributed by atoms with Crippen LogP contribution in [0.1, 0.15) is 19.3 Å². The zero-order chi connectivity index (χ0) is 7.40. The van der Waals surface area contributed by atoms with E-state index in [0.717, 1.165) is 12.3 Å². The third-order valence-electron chi connectivity index (χ3n) is 1.63. The van der Waals surface area contributed by atoms with Gasteiger partial charge in [-0.05, 0) is 12.3 Å². The zero-order valence-corrected chi connectivity index (χ0v) is 6.01. The fourth-order valence-corrected chi connectivity index (χ4v) is 0.792. The highest BCUT2D eigenvalue weighted by molar-refractivity contribution is 5.81. The van der Waals surface area contributed by atoms with E-state index in [2.05, 4.69) is 6.58 Å². The molecule has 10 heavy (non-hydrogen) atoms. The van der Waals surface area contributed by atoms with Gasteiger partial charge in [0.25, 0.3) is 0 Å². The van der Waals surface area contributed by atoms with Crippen molar-refractivity contribution in [3.63, 3.8) is 0 Å². The minimum atomic E-state index is -0.305. The molecule has 0 N–H and O–H groups in total. The second-order valence-corrected chi connectivity index (χ2v) is 2.60. The maximum atomic E-state index is 10.5. The number of carbonyl (C=O) groups excluding carboxylic acids is 1. The van der Waals surface area contributed by atoms with Crippen LogP contribution in [0.5, 0.6) is 0 Å². The number of hydrogen-bond donors (Lipinski definition) is 0. The van der Waals surface area contributed by atoms with Gasteiger partial charge in [-0.25, -0.2) is 4.79 Å². The predicted octanol–water partition coefficient (Wildman–Crippen LogP) is 1.52. The molecule has 0 unspecified atom stereocenters. The summed E-state index contributed by atoms with van der Waals surface area (Å²) in [5, 5.41) is 0. The molecule has 0 heterocycles. The topological polar surface area (TPSA) is 26.3 Å². The van der Waals surface area contributed by atoms with Gasteiger partial charge in [-0.1, -0.05) is 19.4 Å². The standard InChI is InChI=1S/C8H12O2/c1-2-8(9)10-6-5-7-3-4-7/h2,7H,1,3-6H2. The minimum Gasteiger partial charge on any atom is -0.463 e. The van der Waals surface area contributed by atoms with Gasteiger partial charge in [0.2, 0.25) is 0 Å². The van der Waals surface area contributed by atoms with E-state index in [1.807, 2.05) is 0 Å². The van der Waals surface area contributed by atoms with Crippen molar-refractivity contribution in [2.75, 3.05) is 6.61 Å². The molecule has 0 atom stereocenters. The fraction of sp³-hybridized carbons (Fsp3) is 0.625. The average molecular weight is 140 g/mol. The van der Waals surface area contributed by atoms with E-state index >= 15 is 0 Å². The molecule has 2 nitrogen and oxygen atoms in total. The molecule has 1 fully saturated rings. The number of hydrogen-bond acceptors (Lipinski definition) is 2. The van der Waals surface area contributed by atoms with Crippen LogP contribution in [0, 0.1) is 5.92 Å². The maximum absolute atomic E-state index is 10.5. The highest BCUT2D eigenvalue weighted by Crippen LogP contribution is 2.31.